The zero-order valence-electron chi connectivity index (χ0n) is 19.6. The van der Waals surface area contributed by atoms with Gasteiger partial charge < -0.3 is 8.98 Å². The predicted molar refractivity (Wildman–Crippen MR) is 136 cm³/mol. The molecule has 0 aliphatic carbocycles. The molecule has 4 rings (SSSR count). The van der Waals surface area contributed by atoms with Gasteiger partial charge in [-0.3, -0.25) is 4.79 Å². The van der Waals surface area contributed by atoms with Crippen LogP contribution in [0.25, 0.3) is 0 Å². The molecule has 186 valence electrons. The lowest BCUT2D eigenvalue weighted by molar-refractivity contribution is 0.0955. The summed E-state index contributed by atoms with van der Waals surface area (Å²) >= 11 is 1.56. The van der Waals surface area contributed by atoms with Gasteiger partial charge in [-0.1, -0.05) is 36.0 Å². The fraction of sp³-hybridized carbons (Fsp3) is 0.167. The van der Waals surface area contributed by atoms with Gasteiger partial charge in [0.2, 0.25) is 10.0 Å². The lowest BCUT2D eigenvalue weighted by atomic mass is 10.1. The quantitative estimate of drug-likeness (QED) is 0.185. The van der Waals surface area contributed by atoms with Crippen LogP contribution in [0.1, 0.15) is 34.2 Å². The molecule has 2 heterocycles. The van der Waals surface area contributed by atoms with E-state index in [4.69, 9.17) is 4.42 Å². The van der Waals surface area contributed by atoms with Crippen molar-refractivity contribution in [1.29, 1.82) is 0 Å². The number of rotatable bonds is 10. The van der Waals surface area contributed by atoms with E-state index in [0.717, 1.165) is 10.7 Å². The van der Waals surface area contributed by atoms with Gasteiger partial charge >= 0.3 is 0 Å². The Morgan fingerprint density at radius 3 is 2.44 bits per heavy atom. The van der Waals surface area contributed by atoms with Gasteiger partial charge in [0.05, 0.1) is 23.4 Å². The van der Waals surface area contributed by atoms with Crippen molar-refractivity contribution in [3.8, 4) is 0 Å². The normalized spacial score (nSPS) is 12.0. The first-order valence-electron chi connectivity index (χ1n) is 10.8. The van der Waals surface area contributed by atoms with Crippen LogP contribution in [0.2, 0.25) is 0 Å². The number of hydrazone groups is 1. The number of benzene rings is 2. The molecule has 0 aliphatic rings. The molecular formula is C24H24N6O4S2. The zero-order chi connectivity index (χ0) is 25.5. The van der Waals surface area contributed by atoms with Crippen LogP contribution in [0.4, 0.5) is 0 Å². The monoisotopic (exact) mass is 524 g/mol. The highest BCUT2D eigenvalue weighted by Crippen LogP contribution is 2.20. The maximum absolute atomic E-state index is 12.5. The van der Waals surface area contributed by atoms with E-state index in [9.17, 15) is 13.2 Å². The minimum absolute atomic E-state index is 0.0605. The number of furan rings is 1. The number of carbonyl (C=O) groups is 1. The van der Waals surface area contributed by atoms with E-state index in [0.29, 0.717) is 28.4 Å². The summed E-state index contributed by atoms with van der Waals surface area (Å²) in [6, 6.07) is 16.9. The summed E-state index contributed by atoms with van der Waals surface area (Å²) in [5.41, 5.74) is 5.28. The second kappa shape index (κ2) is 11.3. The first-order valence-corrected chi connectivity index (χ1v) is 13.3. The van der Waals surface area contributed by atoms with Crippen molar-refractivity contribution in [2.75, 3.05) is 0 Å². The van der Waals surface area contributed by atoms with Crippen molar-refractivity contribution in [3.05, 3.63) is 95.7 Å². The van der Waals surface area contributed by atoms with Crippen LogP contribution in [0.3, 0.4) is 0 Å². The molecule has 4 aromatic rings. The van der Waals surface area contributed by atoms with E-state index in [-0.39, 0.29) is 17.3 Å². The molecular weight excluding hydrogens is 500 g/mol. The summed E-state index contributed by atoms with van der Waals surface area (Å²) in [4.78, 5) is 12.6. The molecule has 0 saturated carbocycles. The molecule has 0 spiro atoms. The molecule has 0 atom stereocenters. The number of aryl methyl sites for hydroxylation is 1. The molecule has 0 radical (unpaired) electrons. The van der Waals surface area contributed by atoms with Gasteiger partial charge in [0, 0.05) is 18.4 Å². The van der Waals surface area contributed by atoms with Gasteiger partial charge in [-0.25, -0.2) is 18.6 Å². The minimum Gasteiger partial charge on any atom is -0.468 e. The molecule has 0 bridgehead atoms. The molecule has 0 saturated heterocycles. The number of thioether (sulfide) groups is 1. The summed E-state index contributed by atoms with van der Waals surface area (Å²) < 4.78 is 34.4. The number of aromatic nitrogens is 3. The van der Waals surface area contributed by atoms with Crippen molar-refractivity contribution >= 4 is 33.4 Å². The van der Waals surface area contributed by atoms with E-state index in [2.05, 4.69) is 25.4 Å². The smallest absolute Gasteiger partial charge is 0.271 e. The third-order valence-corrected chi connectivity index (χ3v) is 7.70. The van der Waals surface area contributed by atoms with Crippen LogP contribution in [-0.4, -0.2) is 34.8 Å². The van der Waals surface area contributed by atoms with Crippen molar-refractivity contribution < 1.29 is 17.6 Å². The number of nitrogens with zero attached hydrogens (tertiary/aromatic N) is 4. The summed E-state index contributed by atoms with van der Waals surface area (Å²) in [5.74, 6) is 0.878. The summed E-state index contributed by atoms with van der Waals surface area (Å²) in [7, 11) is -1.81. The molecule has 0 unspecified atom stereocenters. The van der Waals surface area contributed by atoms with Gasteiger partial charge in [0.1, 0.15) is 12.1 Å². The topological polar surface area (TPSA) is 131 Å². The van der Waals surface area contributed by atoms with Gasteiger partial charge in [-0.15, -0.1) is 10.2 Å². The molecule has 0 aliphatic heterocycles. The van der Waals surface area contributed by atoms with Crippen LogP contribution in [0.15, 0.2) is 92.8 Å². The lowest BCUT2D eigenvalue weighted by Crippen LogP contribution is -2.23. The summed E-state index contributed by atoms with van der Waals surface area (Å²) in [6.07, 6.45) is 3.13. The Morgan fingerprint density at radius 2 is 1.81 bits per heavy atom. The molecule has 36 heavy (non-hydrogen) atoms. The lowest BCUT2D eigenvalue weighted by Gasteiger charge is -2.07. The molecule has 0 fully saturated rings. The largest absolute Gasteiger partial charge is 0.468 e. The first-order chi connectivity index (χ1) is 17.3. The van der Waals surface area contributed by atoms with Crippen LogP contribution < -0.4 is 10.1 Å². The van der Waals surface area contributed by atoms with Crippen LogP contribution in [0, 0.1) is 0 Å². The molecule has 12 heteroatoms. The third-order valence-electron chi connectivity index (χ3n) is 5.18. The number of sulfonamides is 1. The van der Waals surface area contributed by atoms with Gasteiger partial charge in [-0.05, 0) is 54.4 Å². The number of hydrogen-bond acceptors (Lipinski definition) is 8. The fourth-order valence-corrected chi connectivity index (χ4v) is 4.94. The summed E-state index contributed by atoms with van der Waals surface area (Å²) in [5, 5.41) is 12.9. The van der Waals surface area contributed by atoms with Crippen molar-refractivity contribution in [2.45, 2.75) is 29.3 Å². The number of nitrogens with one attached hydrogen (secondary N) is 2. The predicted octanol–water partition coefficient (Wildman–Crippen LogP) is 3.33. The van der Waals surface area contributed by atoms with E-state index in [1.165, 1.54) is 18.4 Å². The Balaban J connectivity index is 1.32. The van der Waals surface area contributed by atoms with Gasteiger partial charge in [-0.2, -0.15) is 5.10 Å². The molecule has 1 amide bonds. The standard InChI is InChI=1S/C24H24N6O4S2/c1-17(19-9-11-22(12-10-19)36(32,33)26-14-21-4-3-13-34-21)27-28-23(31)20-7-5-18(6-8-20)15-35-24-29-25-16-30(24)2/h3-13,16,26H,14-15H2,1-2H3,(H,28,31)/b27-17-. The molecule has 10 nitrogen and oxygen atoms in total. The molecule has 2 N–H and O–H groups in total. The van der Waals surface area contributed by atoms with Gasteiger partial charge in [0.25, 0.3) is 5.91 Å². The molecule has 2 aromatic heterocycles. The van der Waals surface area contributed by atoms with Crippen LogP contribution in [-0.2, 0) is 29.4 Å². The Bertz CT molecular complexity index is 1450. The highest BCUT2D eigenvalue weighted by molar-refractivity contribution is 7.98. The third kappa shape index (κ3) is 6.47. The fourth-order valence-electron chi connectivity index (χ4n) is 3.11. The second-order valence-corrected chi connectivity index (χ2v) is 10.5. The number of hydrogen-bond donors (Lipinski definition) is 2. The first kappa shape index (κ1) is 25.4. The maximum atomic E-state index is 12.5. The Hall–Kier alpha value is -3.74. The SMILES string of the molecule is C/C(=N/NC(=O)c1ccc(CSc2nncn2C)cc1)c1ccc(S(=O)(=O)NCc2ccco2)cc1. The minimum atomic E-state index is -3.69. The van der Waals surface area contributed by atoms with E-state index < -0.39 is 10.0 Å². The average Bonchev–Trinajstić information content (AvgIpc) is 3.56. The second-order valence-electron chi connectivity index (χ2n) is 7.78. The van der Waals surface area contributed by atoms with Crippen LogP contribution in [0.5, 0.6) is 0 Å². The van der Waals surface area contributed by atoms with Crippen LogP contribution >= 0.6 is 11.8 Å². The van der Waals surface area contributed by atoms with Crippen molar-refractivity contribution in [2.24, 2.45) is 12.1 Å². The van der Waals surface area contributed by atoms with Gasteiger partial charge in [0.15, 0.2) is 5.16 Å². The average molecular weight is 525 g/mol. The van der Waals surface area contributed by atoms with E-state index in [1.54, 1.807) is 61.4 Å². The highest BCUT2D eigenvalue weighted by atomic mass is 32.2. The zero-order valence-corrected chi connectivity index (χ0v) is 21.2. The highest BCUT2D eigenvalue weighted by Gasteiger charge is 2.15. The number of amides is 1. The Kier molecular flexibility index (Phi) is 7.98. The van der Waals surface area contributed by atoms with Crippen molar-refractivity contribution in [3.63, 3.8) is 0 Å². The molecule has 2 aromatic carbocycles. The van der Waals surface area contributed by atoms with Crippen molar-refractivity contribution in [1.82, 2.24) is 24.9 Å². The Morgan fingerprint density at radius 1 is 1.08 bits per heavy atom. The van der Waals surface area contributed by atoms with E-state index >= 15 is 0 Å². The maximum Gasteiger partial charge on any atom is 0.271 e. The van der Waals surface area contributed by atoms with E-state index in [1.807, 2.05) is 23.7 Å². The number of carbonyl (C=O) groups excluding carboxylic acids is 1. The Labute approximate surface area is 212 Å². The summed E-state index contributed by atoms with van der Waals surface area (Å²) in [6.45, 7) is 1.79.